The number of nitrogens with zero attached hydrogens (tertiary/aromatic N) is 2. The second-order valence-corrected chi connectivity index (χ2v) is 6.15. The Bertz CT molecular complexity index is 960. The Balaban J connectivity index is 0.00000261. The number of nitrogens with one attached hydrogen (secondary N) is 1. The fraction of sp³-hybridized carbons (Fsp3) is 0.250. The molecular weight excluding hydrogens is 366 g/mol. The van der Waals surface area contributed by atoms with E-state index in [2.05, 4.69) is 15.3 Å². The first-order valence-corrected chi connectivity index (χ1v) is 8.37. The maximum atomic E-state index is 12.6. The molecule has 0 aliphatic heterocycles. The molecule has 3 aromatic rings. The molecule has 0 unspecified atom stereocenters. The molecule has 2 aromatic heterocycles. The fourth-order valence-electron chi connectivity index (χ4n) is 2.62. The van der Waals surface area contributed by atoms with Crippen molar-refractivity contribution in [2.24, 2.45) is 0 Å². The molecule has 142 valence electrons. The molecule has 0 fully saturated rings. The molecule has 0 saturated heterocycles. The molecule has 7 heteroatoms. The van der Waals surface area contributed by atoms with Gasteiger partial charge in [0.05, 0.1) is 24.6 Å². The van der Waals surface area contributed by atoms with Crippen molar-refractivity contribution in [1.29, 1.82) is 0 Å². The number of methoxy groups -OCH3 is 1. The zero-order valence-corrected chi connectivity index (χ0v) is 16.5. The van der Waals surface area contributed by atoms with Crippen molar-refractivity contribution in [3.05, 3.63) is 53.9 Å². The summed E-state index contributed by atoms with van der Waals surface area (Å²) in [7, 11) is 1.60. The van der Waals surface area contributed by atoms with Crippen molar-refractivity contribution in [2.45, 2.75) is 26.9 Å². The van der Waals surface area contributed by atoms with E-state index in [1.54, 1.807) is 7.11 Å². The molecule has 0 aliphatic carbocycles. The number of aryl methyl sites for hydroxylation is 1. The molecule has 0 saturated carbocycles. The Morgan fingerprint density at radius 2 is 1.89 bits per heavy atom. The lowest BCUT2D eigenvalue weighted by atomic mass is 10.1. The highest BCUT2D eigenvalue weighted by molar-refractivity contribution is 6.05. The van der Waals surface area contributed by atoms with Crippen molar-refractivity contribution in [3.8, 4) is 5.75 Å². The van der Waals surface area contributed by atoms with E-state index in [9.17, 15) is 4.79 Å². The van der Waals surface area contributed by atoms with Gasteiger partial charge in [-0.15, -0.1) is 12.4 Å². The van der Waals surface area contributed by atoms with Crippen molar-refractivity contribution >= 4 is 40.8 Å². The topological polar surface area (TPSA) is 73.3 Å². The first kappa shape index (κ1) is 20.5. The van der Waals surface area contributed by atoms with E-state index in [4.69, 9.17) is 9.47 Å². The van der Waals surface area contributed by atoms with Crippen molar-refractivity contribution < 1.29 is 14.3 Å². The average Bonchev–Trinajstić information content (AvgIpc) is 2.61. The molecule has 27 heavy (non-hydrogen) atoms. The number of benzene rings is 1. The number of carbonyl (C=O) groups is 1. The van der Waals surface area contributed by atoms with Gasteiger partial charge in [-0.3, -0.25) is 0 Å². The van der Waals surface area contributed by atoms with Gasteiger partial charge in [0.2, 0.25) is 0 Å². The van der Waals surface area contributed by atoms with Crippen molar-refractivity contribution in [2.75, 3.05) is 12.4 Å². The molecule has 1 aromatic carbocycles. The van der Waals surface area contributed by atoms with Gasteiger partial charge in [0.15, 0.2) is 5.65 Å². The molecule has 0 atom stereocenters. The summed E-state index contributed by atoms with van der Waals surface area (Å²) in [6.45, 7) is 5.52. The minimum absolute atomic E-state index is 0. The second kappa shape index (κ2) is 8.68. The standard InChI is InChI=1S/C20H21N3O3.ClH/c1-12(2)26-20(24)15-11-21-19-14(10-9-13(3)22-19)18(15)23-16-7-5-6-8-17(16)25-4;/h5-12H,1-4H3,(H,21,22,23);1H. The van der Waals surface area contributed by atoms with Crippen LogP contribution in [0.25, 0.3) is 11.0 Å². The summed E-state index contributed by atoms with van der Waals surface area (Å²) in [5.41, 5.74) is 3.09. The van der Waals surface area contributed by atoms with E-state index in [0.717, 1.165) is 16.8 Å². The van der Waals surface area contributed by atoms with Gasteiger partial charge in [-0.05, 0) is 45.0 Å². The molecule has 0 bridgehead atoms. The van der Waals surface area contributed by atoms with Gasteiger partial charge in [-0.1, -0.05) is 12.1 Å². The van der Waals surface area contributed by atoms with E-state index in [1.165, 1.54) is 6.20 Å². The van der Waals surface area contributed by atoms with Crippen molar-refractivity contribution in [3.63, 3.8) is 0 Å². The first-order valence-electron chi connectivity index (χ1n) is 8.37. The summed E-state index contributed by atoms with van der Waals surface area (Å²) in [6.07, 6.45) is 1.27. The van der Waals surface area contributed by atoms with Gasteiger partial charge in [-0.2, -0.15) is 0 Å². The highest BCUT2D eigenvalue weighted by atomic mass is 35.5. The normalized spacial score (nSPS) is 10.4. The lowest BCUT2D eigenvalue weighted by molar-refractivity contribution is 0.0379. The Morgan fingerprint density at radius 3 is 2.59 bits per heavy atom. The molecule has 0 spiro atoms. The minimum atomic E-state index is -0.438. The third-order valence-corrected chi connectivity index (χ3v) is 3.80. The van der Waals surface area contributed by atoms with E-state index in [-0.39, 0.29) is 18.5 Å². The smallest absolute Gasteiger partial charge is 0.342 e. The molecular formula is C20H22ClN3O3. The van der Waals surface area contributed by atoms with Crippen LogP contribution in [-0.2, 0) is 4.74 Å². The lowest BCUT2D eigenvalue weighted by Crippen LogP contribution is -2.14. The molecule has 0 radical (unpaired) electrons. The number of carbonyl (C=O) groups excluding carboxylic acids is 1. The van der Waals surface area contributed by atoms with Crippen LogP contribution in [-0.4, -0.2) is 29.2 Å². The molecule has 2 heterocycles. The Labute approximate surface area is 164 Å². The second-order valence-electron chi connectivity index (χ2n) is 6.15. The number of fused-ring (bicyclic) bond motifs is 1. The predicted molar refractivity (Wildman–Crippen MR) is 108 cm³/mol. The molecule has 3 rings (SSSR count). The van der Waals surface area contributed by atoms with Crippen LogP contribution in [0.3, 0.4) is 0 Å². The third-order valence-electron chi connectivity index (χ3n) is 3.80. The van der Waals surface area contributed by atoms with Crippen LogP contribution in [0.2, 0.25) is 0 Å². The van der Waals surface area contributed by atoms with Crippen LogP contribution in [0.5, 0.6) is 5.75 Å². The zero-order chi connectivity index (χ0) is 18.7. The van der Waals surface area contributed by atoms with E-state index in [1.807, 2.05) is 57.2 Å². The number of hydrogen-bond donors (Lipinski definition) is 1. The average molecular weight is 388 g/mol. The SMILES string of the molecule is COc1ccccc1Nc1c(C(=O)OC(C)C)cnc2nc(C)ccc12.Cl. The van der Waals surface area contributed by atoms with Gasteiger partial charge in [0, 0.05) is 17.3 Å². The quantitative estimate of drug-likeness (QED) is 0.641. The van der Waals surface area contributed by atoms with Crippen LogP contribution in [0, 0.1) is 6.92 Å². The Hall–Kier alpha value is -2.86. The summed E-state index contributed by atoms with van der Waals surface area (Å²) in [4.78, 5) is 21.4. The Kier molecular flexibility index (Phi) is 6.58. The maximum absolute atomic E-state index is 12.6. The molecule has 0 amide bonds. The highest BCUT2D eigenvalue weighted by Gasteiger charge is 2.19. The summed E-state index contributed by atoms with van der Waals surface area (Å²) >= 11 is 0. The number of hydrogen-bond acceptors (Lipinski definition) is 6. The predicted octanol–water partition coefficient (Wildman–Crippen LogP) is 4.68. The largest absolute Gasteiger partial charge is 0.495 e. The van der Waals surface area contributed by atoms with Gasteiger partial charge < -0.3 is 14.8 Å². The van der Waals surface area contributed by atoms with Crippen LogP contribution in [0.15, 0.2) is 42.6 Å². The van der Waals surface area contributed by atoms with E-state index >= 15 is 0 Å². The summed E-state index contributed by atoms with van der Waals surface area (Å²) in [6, 6.07) is 11.3. The third kappa shape index (κ3) is 4.46. The van der Waals surface area contributed by atoms with Crippen LogP contribution >= 0.6 is 12.4 Å². The summed E-state index contributed by atoms with van der Waals surface area (Å²) in [5.74, 6) is 0.230. The van der Waals surface area contributed by atoms with Gasteiger partial charge in [-0.25, -0.2) is 14.8 Å². The summed E-state index contributed by atoms with van der Waals surface area (Å²) < 4.78 is 10.8. The highest BCUT2D eigenvalue weighted by Crippen LogP contribution is 2.33. The monoisotopic (exact) mass is 387 g/mol. The van der Waals surface area contributed by atoms with Crippen LogP contribution in [0.4, 0.5) is 11.4 Å². The molecule has 6 nitrogen and oxygen atoms in total. The summed E-state index contributed by atoms with van der Waals surface area (Å²) in [5, 5.41) is 4.04. The first-order chi connectivity index (χ1) is 12.5. The maximum Gasteiger partial charge on any atom is 0.342 e. The molecule has 0 aliphatic rings. The van der Waals surface area contributed by atoms with E-state index in [0.29, 0.717) is 22.6 Å². The number of ether oxygens (including phenoxy) is 2. The minimum Gasteiger partial charge on any atom is -0.495 e. The van der Waals surface area contributed by atoms with Crippen molar-refractivity contribution in [1.82, 2.24) is 9.97 Å². The zero-order valence-electron chi connectivity index (χ0n) is 15.6. The number of aromatic nitrogens is 2. The van der Waals surface area contributed by atoms with E-state index < -0.39 is 5.97 Å². The number of esters is 1. The Morgan fingerprint density at radius 1 is 1.15 bits per heavy atom. The van der Waals surface area contributed by atoms with Gasteiger partial charge in [0.1, 0.15) is 11.3 Å². The number of para-hydroxylation sites is 2. The lowest BCUT2D eigenvalue weighted by Gasteiger charge is -2.17. The number of halogens is 1. The fourth-order valence-corrected chi connectivity index (χ4v) is 2.62. The van der Waals surface area contributed by atoms with Crippen LogP contribution in [0.1, 0.15) is 29.9 Å². The number of anilines is 2. The molecule has 1 N–H and O–H groups in total. The number of rotatable bonds is 5. The number of pyridine rings is 2. The van der Waals surface area contributed by atoms with Gasteiger partial charge >= 0.3 is 5.97 Å². The van der Waals surface area contributed by atoms with Gasteiger partial charge in [0.25, 0.3) is 0 Å². The van der Waals surface area contributed by atoms with Crippen LogP contribution < -0.4 is 10.1 Å².